The summed E-state index contributed by atoms with van der Waals surface area (Å²) in [5, 5.41) is 20.7. The quantitative estimate of drug-likeness (QED) is 0.552. The Balaban J connectivity index is 0.000000331. The van der Waals surface area contributed by atoms with Crippen molar-refractivity contribution in [2.45, 2.75) is 51.4 Å². The van der Waals surface area contributed by atoms with Gasteiger partial charge in [-0.25, -0.2) is 9.59 Å². The highest BCUT2D eigenvalue weighted by Crippen LogP contribution is 2.28. The number of para-hydroxylation sites is 1. The minimum atomic E-state index is -1.26. The molecule has 2 fully saturated rings. The minimum Gasteiger partial charge on any atom is -0.478 e. The van der Waals surface area contributed by atoms with Gasteiger partial charge in [0.2, 0.25) is 0 Å². The van der Waals surface area contributed by atoms with Gasteiger partial charge in [-0.2, -0.15) is 0 Å². The standard InChI is InChI=1S/C21H30N2O2.C4H4O4/c1-2-6-18(7-3-1)16-23-13-10-17(11-14-23)12-15-24-21-19-8-4-5-9-20(19)25-22-21;5-3(6)1-2-4(7)8/h4-5,8-9,17-18H,1-3,6-7,10-16H2;1-2H,(H,5,6)(H,7,8). The van der Waals surface area contributed by atoms with Crippen molar-refractivity contribution in [3.8, 4) is 5.88 Å². The maximum Gasteiger partial charge on any atom is 0.328 e. The molecule has 2 heterocycles. The lowest BCUT2D eigenvalue weighted by Crippen LogP contribution is -2.37. The van der Waals surface area contributed by atoms with Crippen molar-refractivity contribution in [1.29, 1.82) is 0 Å². The van der Waals surface area contributed by atoms with Crippen molar-refractivity contribution >= 4 is 22.9 Å². The van der Waals surface area contributed by atoms with E-state index in [9.17, 15) is 9.59 Å². The van der Waals surface area contributed by atoms with Crippen LogP contribution in [0, 0.1) is 11.8 Å². The Kier molecular flexibility index (Phi) is 9.75. The first-order chi connectivity index (χ1) is 16.0. The summed E-state index contributed by atoms with van der Waals surface area (Å²) in [7, 11) is 0. The third-order valence-corrected chi connectivity index (χ3v) is 6.43. The fourth-order valence-electron chi connectivity index (χ4n) is 4.62. The smallest absolute Gasteiger partial charge is 0.328 e. The second kappa shape index (κ2) is 13.0. The average molecular weight is 459 g/mol. The third-order valence-electron chi connectivity index (χ3n) is 6.43. The van der Waals surface area contributed by atoms with Crippen molar-refractivity contribution in [2.75, 3.05) is 26.2 Å². The molecule has 0 amide bonds. The molecule has 1 aliphatic heterocycles. The summed E-state index contributed by atoms with van der Waals surface area (Å²) >= 11 is 0. The Morgan fingerprint density at radius 1 is 1.00 bits per heavy atom. The topological polar surface area (TPSA) is 113 Å². The Hall–Kier alpha value is -2.87. The summed E-state index contributed by atoms with van der Waals surface area (Å²) in [6.07, 6.45) is 12.1. The van der Waals surface area contributed by atoms with E-state index in [1.165, 1.54) is 64.6 Å². The third kappa shape index (κ3) is 8.53. The molecule has 2 aromatic rings. The van der Waals surface area contributed by atoms with Crippen LogP contribution in [0.1, 0.15) is 51.4 Å². The predicted octanol–water partition coefficient (Wildman–Crippen LogP) is 4.60. The molecule has 1 saturated heterocycles. The first-order valence-electron chi connectivity index (χ1n) is 11.8. The first kappa shape index (κ1) is 24.8. The summed E-state index contributed by atoms with van der Waals surface area (Å²) in [6, 6.07) is 7.88. The molecule has 0 bridgehead atoms. The number of carboxylic acid groups (broad SMARTS) is 2. The van der Waals surface area contributed by atoms with Crippen molar-refractivity contribution in [2.24, 2.45) is 11.8 Å². The Morgan fingerprint density at radius 2 is 1.67 bits per heavy atom. The lowest BCUT2D eigenvalue weighted by molar-refractivity contribution is -0.134. The average Bonchev–Trinajstić information content (AvgIpc) is 3.23. The van der Waals surface area contributed by atoms with E-state index < -0.39 is 11.9 Å². The highest BCUT2D eigenvalue weighted by atomic mass is 16.5. The number of carboxylic acids is 2. The van der Waals surface area contributed by atoms with Crippen LogP contribution in [0.5, 0.6) is 5.88 Å². The van der Waals surface area contributed by atoms with Gasteiger partial charge in [-0.1, -0.05) is 31.4 Å². The molecule has 33 heavy (non-hydrogen) atoms. The van der Waals surface area contributed by atoms with Crippen molar-refractivity contribution in [3.05, 3.63) is 36.4 Å². The number of aliphatic carboxylic acids is 2. The summed E-state index contributed by atoms with van der Waals surface area (Å²) < 4.78 is 11.2. The van der Waals surface area contributed by atoms with Gasteiger partial charge in [-0.15, -0.1) is 0 Å². The van der Waals surface area contributed by atoms with Crippen LogP contribution in [0.4, 0.5) is 0 Å². The summed E-state index contributed by atoms with van der Waals surface area (Å²) in [5.74, 6) is -0.111. The lowest BCUT2D eigenvalue weighted by Gasteiger charge is -2.35. The molecular weight excluding hydrogens is 424 g/mol. The molecule has 1 aromatic heterocycles. The van der Waals surface area contributed by atoms with Gasteiger partial charge >= 0.3 is 11.9 Å². The van der Waals surface area contributed by atoms with E-state index in [2.05, 4.69) is 10.1 Å². The number of hydrogen-bond donors (Lipinski definition) is 2. The van der Waals surface area contributed by atoms with Gasteiger partial charge in [0.05, 0.1) is 12.0 Å². The van der Waals surface area contributed by atoms with Crippen LogP contribution in [0.3, 0.4) is 0 Å². The van der Waals surface area contributed by atoms with Crippen LogP contribution in [-0.2, 0) is 9.59 Å². The van der Waals surface area contributed by atoms with Crippen LogP contribution >= 0.6 is 0 Å². The molecule has 180 valence electrons. The van der Waals surface area contributed by atoms with Gasteiger partial charge in [-0.05, 0) is 74.3 Å². The number of rotatable bonds is 8. The number of nitrogens with zero attached hydrogens (tertiary/aromatic N) is 2. The molecule has 2 aliphatic rings. The van der Waals surface area contributed by atoms with Gasteiger partial charge in [0.1, 0.15) is 0 Å². The normalized spacial score (nSPS) is 18.2. The van der Waals surface area contributed by atoms with Crippen LogP contribution in [0.25, 0.3) is 11.0 Å². The number of likely N-dealkylation sites (tertiary alicyclic amines) is 1. The molecule has 8 heteroatoms. The van der Waals surface area contributed by atoms with Gasteiger partial charge in [0.15, 0.2) is 5.58 Å². The predicted molar refractivity (Wildman–Crippen MR) is 124 cm³/mol. The zero-order valence-corrected chi connectivity index (χ0v) is 19.0. The van der Waals surface area contributed by atoms with Gasteiger partial charge in [-0.3, -0.25) is 0 Å². The molecule has 4 rings (SSSR count). The van der Waals surface area contributed by atoms with Crippen LogP contribution in [-0.4, -0.2) is 58.4 Å². The highest BCUT2D eigenvalue weighted by Gasteiger charge is 2.23. The molecule has 2 N–H and O–H groups in total. The fraction of sp³-hybridized carbons (Fsp3) is 0.560. The molecule has 0 spiro atoms. The highest BCUT2D eigenvalue weighted by molar-refractivity contribution is 5.89. The molecule has 0 atom stereocenters. The van der Waals surface area contributed by atoms with Crippen molar-refractivity contribution in [3.63, 3.8) is 0 Å². The Morgan fingerprint density at radius 3 is 2.33 bits per heavy atom. The molecule has 0 radical (unpaired) electrons. The monoisotopic (exact) mass is 458 g/mol. The Labute approximate surface area is 194 Å². The molecule has 1 aromatic carbocycles. The van der Waals surface area contributed by atoms with E-state index in [0.29, 0.717) is 18.0 Å². The Bertz CT molecular complexity index is 895. The number of benzene rings is 1. The molecule has 0 unspecified atom stereocenters. The summed E-state index contributed by atoms with van der Waals surface area (Å²) in [5.41, 5.74) is 0.800. The van der Waals surface area contributed by atoms with E-state index in [4.69, 9.17) is 19.5 Å². The second-order valence-electron chi connectivity index (χ2n) is 8.88. The van der Waals surface area contributed by atoms with Crippen LogP contribution < -0.4 is 4.74 Å². The first-order valence-corrected chi connectivity index (χ1v) is 11.8. The molecule has 8 nitrogen and oxygen atoms in total. The minimum absolute atomic E-state index is 0.558. The van der Waals surface area contributed by atoms with Gasteiger partial charge < -0.3 is 24.4 Å². The lowest BCUT2D eigenvalue weighted by atomic mass is 9.87. The summed E-state index contributed by atoms with van der Waals surface area (Å²) in [4.78, 5) is 21.8. The van der Waals surface area contributed by atoms with E-state index in [0.717, 1.165) is 35.8 Å². The number of aromatic nitrogens is 1. The largest absolute Gasteiger partial charge is 0.478 e. The molecule has 1 saturated carbocycles. The van der Waals surface area contributed by atoms with Gasteiger partial charge in [0.25, 0.3) is 5.88 Å². The number of hydrogen-bond acceptors (Lipinski definition) is 6. The van der Waals surface area contributed by atoms with E-state index >= 15 is 0 Å². The second-order valence-corrected chi connectivity index (χ2v) is 8.88. The number of ether oxygens (including phenoxy) is 1. The summed E-state index contributed by atoms with van der Waals surface area (Å²) in [6.45, 7) is 4.63. The number of fused-ring (bicyclic) bond motifs is 1. The van der Waals surface area contributed by atoms with E-state index in [1.54, 1.807) is 0 Å². The zero-order chi connectivity index (χ0) is 23.5. The van der Waals surface area contributed by atoms with Crippen LogP contribution in [0.15, 0.2) is 40.9 Å². The zero-order valence-electron chi connectivity index (χ0n) is 19.0. The fourth-order valence-corrected chi connectivity index (χ4v) is 4.62. The SMILES string of the molecule is O=C(O)C=CC(=O)O.c1ccc2c(OCCC3CCN(CC4CCCCC4)CC3)noc2c1. The molecule has 1 aliphatic carbocycles. The van der Waals surface area contributed by atoms with Crippen molar-refractivity contribution in [1.82, 2.24) is 10.1 Å². The van der Waals surface area contributed by atoms with E-state index in [-0.39, 0.29) is 0 Å². The molecular formula is C25H34N2O6. The van der Waals surface area contributed by atoms with E-state index in [1.807, 2.05) is 24.3 Å². The van der Waals surface area contributed by atoms with Gasteiger partial charge in [0, 0.05) is 18.7 Å². The maximum absolute atomic E-state index is 9.55. The maximum atomic E-state index is 9.55. The van der Waals surface area contributed by atoms with Crippen LogP contribution in [0.2, 0.25) is 0 Å². The van der Waals surface area contributed by atoms with Crippen molar-refractivity contribution < 1.29 is 29.1 Å². The number of piperidine rings is 1. The number of carbonyl (C=O) groups is 2.